The molecular weight excluding hydrogens is 769 g/mol. The number of hydrogen-bond donors (Lipinski definition) is 0. The minimum atomic E-state index is 1.09. The van der Waals surface area contributed by atoms with Crippen LogP contribution in [0.5, 0.6) is 0 Å². The van der Waals surface area contributed by atoms with E-state index in [0.29, 0.717) is 0 Å². The zero-order chi connectivity index (χ0) is 44.5. The second-order valence-electron chi connectivity index (χ2n) is 19.1. The molecule has 0 atom stereocenters. The van der Waals surface area contributed by atoms with Gasteiger partial charge in [-0.2, -0.15) is 0 Å². The molecule has 9 aromatic carbocycles. The first-order chi connectivity index (χ1) is 31.2. The zero-order valence-electron chi connectivity index (χ0n) is 40.0. The van der Waals surface area contributed by atoms with Crippen LogP contribution in [0.4, 0.5) is 0 Å². The Hall–Kier alpha value is -5.72. The Kier molecular flexibility index (Phi) is 12.8. The highest BCUT2D eigenvalue weighted by molar-refractivity contribution is 6.35. The van der Waals surface area contributed by atoms with E-state index in [1.807, 2.05) is 0 Å². The molecule has 0 fully saturated rings. The van der Waals surface area contributed by atoms with E-state index < -0.39 is 0 Å². The third kappa shape index (κ3) is 8.04. The van der Waals surface area contributed by atoms with Crippen LogP contribution >= 0.6 is 0 Å². The standard InChI is InChI=1S/C64H68/c1-9-13-25-45-29-17-21-41(5)59(45)51-33-49-34-52(60-42(6)22-18-30-46(60)26-14-10-2)39-57-58-40-54(62-44(8)24-20-32-48(62)28-16-12-4)36-50-35-53(38-56(64(50)58)55(37-51)63(49)57)61-43(7)23-19-31-47(61)27-15-11-3/h17-24,29-40H,9-16,25-28H2,1-8H3. The van der Waals surface area contributed by atoms with Crippen molar-refractivity contribution >= 4 is 43.1 Å². The minimum Gasteiger partial charge on any atom is -0.0654 e. The second kappa shape index (κ2) is 18.8. The Balaban J connectivity index is 1.48. The number of fused-ring (bicyclic) bond motifs is 2. The monoisotopic (exact) mass is 837 g/mol. The molecule has 0 aliphatic rings. The summed E-state index contributed by atoms with van der Waals surface area (Å²) in [5.41, 5.74) is 22.3. The lowest BCUT2D eigenvalue weighted by molar-refractivity contribution is 0.795. The molecular formula is C64H68. The van der Waals surface area contributed by atoms with Crippen molar-refractivity contribution in [1.29, 1.82) is 0 Å². The van der Waals surface area contributed by atoms with Crippen molar-refractivity contribution in [3.05, 3.63) is 166 Å². The molecule has 0 unspecified atom stereocenters. The Morgan fingerprint density at radius 3 is 0.750 bits per heavy atom. The molecule has 324 valence electrons. The Morgan fingerprint density at radius 2 is 0.531 bits per heavy atom. The van der Waals surface area contributed by atoms with Gasteiger partial charge in [0.2, 0.25) is 0 Å². The second-order valence-corrected chi connectivity index (χ2v) is 19.1. The van der Waals surface area contributed by atoms with Gasteiger partial charge in [-0.25, -0.2) is 0 Å². The fourth-order valence-corrected chi connectivity index (χ4v) is 11.3. The molecule has 9 rings (SSSR count). The highest BCUT2D eigenvalue weighted by atomic mass is 14.3. The van der Waals surface area contributed by atoms with E-state index in [2.05, 4.69) is 177 Å². The quantitative estimate of drug-likeness (QED) is 0.0672. The molecule has 0 aromatic heterocycles. The van der Waals surface area contributed by atoms with Gasteiger partial charge in [0.1, 0.15) is 0 Å². The molecule has 0 aliphatic carbocycles. The number of rotatable bonds is 16. The van der Waals surface area contributed by atoms with Crippen molar-refractivity contribution in [3.8, 4) is 44.5 Å². The Labute approximate surface area is 384 Å². The molecule has 0 radical (unpaired) electrons. The minimum absolute atomic E-state index is 1.09. The number of aryl methyl sites for hydroxylation is 8. The third-order valence-corrected chi connectivity index (χ3v) is 14.5. The predicted molar refractivity (Wildman–Crippen MR) is 283 cm³/mol. The average Bonchev–Trinajstić information content (AvgIpc) is 3.29. The van der Waals surface area contributed by atoms with Gasteiger partial charge in [-0.15, -0.1) is 0 Å². The first kappa shape index (κ1) is 43.5. The molecule has 0 amide bonds. The van der Waals surface area contributed by atoms with E-state index in [4.69, 9.17) is 0 Å². The van der Waals surface area contributed by atoms with Crippen LogP contribution in [0.25, 0.3) is 87.6 Å². The van der Waals surface area contributed by atoms with Crippen LogP contribution in [0.15, 0.2) is 121 Å². The summed E-state index contributed by atoms with van der Waals surface area (Å²) in [5, 5.41) is 10.9. The van der Waals surface area contributed by atoms with E-state index in [-0.39, 0.29) is 0 Å². The Morgan fingerprint density at radius 1 is 0.297 bits per heavy atom. The fourth-order valence-electron chi connectivity index (χ4n) is 11.3. The smallest absolute Gasteiger partial charge is 0.00255 e. The van der Waals surface area contributed by atoms with Crippen molar-refractivity contribution in [2.45, 2.75) is 132 Å². The summed E-state index contributed by atoms with van der Waals surface area (Å²) in [6.45, 7) is 18.5. The molecule has 9 aromatic rings. The maximum absolute atomic E-state index is 2.58. The van der Waals surface area contributed by atoms with Gasteiger partial charge < -0.3 is 0 Å². The molecule has 0 saturated carbocycles. The van der Waals surface area contributed by atoms with Gasteiger partial charge in [0.05, 0.1) is 0 Å². The highest BCUT2D eigenvalue weighted by Gasteiger charge is 2.22. The summed E-state index contributed by atoms with van der Waals surface area (Å²) in [6, 6.07) is 48.4. The van der Waals surface area contributed by atoms with E-state index in [1.54, 1.807) is 0 Å². The fraction of sp³-hybridized carbons (Fsp3) is 0.312. The molecule has 0 spiro atoms. The maximum atomic E-state index is 2.58. The lowest BCUT2D eigenvalue weighted by atomic mass is 9.81. The lowest BCUT2D eigenvalue weighted by Crippen LogP contribution is -1.98. The normalized spacial score (nSPS) is 11.9. The summed E-state index contributed by atoms with van der Waals surface area (Å²) < 4.78 is 0. The molecule has 0 saturated heterocycles. The average molecular weight is 837 g/mol. The van der Waals surface area contributed by atoms with E-state index >= 15 is 0 Å². The predicted octanol–water partition coefficient (Wildman–Crippen LogP) is 19.0. The van der Waals surface area contributed by atoms with Gasteiger partial charge in [-0.3, -0.25) is 0 Å². The number of unbranched alkanes of at least 4 members (excludes halogenated alkanes) is 4. The van der Waals surface area contributed by atoms with E-state index in [0.717, 1.165) is 25.7 Å². The van der Waals surface area contributed by atoms with Gasteiger partial charge in [0.15, 0.2) is 0 Å². The zero-order valence-corrected chi connectivity index (χ0v) is 40.0. The SMILES string of the molecule is CCCCc1cccc(C)c1-c1cc2cc(-c3c(C)cccc3CCCC)cc3c4cc(-c5c(C)cccc5CCCC)cc5cc(-c6c(C)cccc6CCCC)cc(c(c1)c23)c54. The molecule has 64 heavy (non-hydrogen) atoms. The van der Waals surface area contributed by atoms with Gasteiger partial charge in [-0.05, 0) is 260 Å². The van der Waals surface area contributed by atoms with Crippen molar-refractivity contribution in [3.63, 3.8) is 0 Å². The largest absolute Gasteiger partial charge is 0.0654 e. The van der Waals surface area contributed by atoms with Crippen molar-refractivity contribution < 1.29 is 0 Å². The summed E-state index contributed by atoms with van der Waals surface area (Å²) >= 11 is 0. The molecule has 0 heteroatoms. The molecule has 0 nitrogen and oxygen atoms in total. The maximum Gasteiger partial charge on any atom is -0.00255 e. The van der Waals surface area contributed by atoms with Crippen LogP contribution in [-0.4, -0.2) is 0 Å². The Bertz CT molecular complexity index is 2720. The van der Waals surface area contributed by atoms with Crippen molar-refractivity contribution in [2.24, 2.45) is 0 Å². The topological polar surface area (TPSA) is 0 Å². The van der Waals surface area contributed by atoms with Crippen LogP contribution < -0.4 is 0 Å². The number of hydrogen-bond acceptors (Lipinski definition) is 0. The lowest BCUT2D eigenvalue weighted by Gasteiger charge is -2.23. The van der Waals surface area contributed by atoms with Gasteiger partial charge >= 0.3 is 0 Å². The van der Waals surface area contributed by atoms with Gasteiger partial charge in [-0.1, -0.05) is 126 Å². The third-order valence-electron chi connectivity index (χ3n) is 14.5. The van der Waals surface area contributed by atoms with Crippen molar-refractivity contribution in [2.75, 3.05) is 0 Å². The highest BCUT2D eigenvalue weighted by Crippen LogP contribution is 2.49. The molecule has 0 aliphatic heterocycles. The van der Waals surface area contributed by atoms with Crippen LogP contribution in [0.1, 0.15) is 124 Å². The van der Waals surface area contributed by atoms with Gasteiger partial charge in [0.25, 0.3) is 0 Å². The molecule has 0 heterocycles. The van der Waals surface area contributed by atoms with Gasteiger partial charge in [0, 0.05) is 0 Å². The molecule has 0 N–H and O–H groups in total. The van der Waals surface area contributed by atoms with E-state index in [1.165, 1.54) is 183 Å². The number of benzene rings is 9. The first-order valence-electron chi connectivity index (χ1n) is 24.8. The molecule has 0 bridgehead atoms. The van der Waals surface area contributed by atoms with E-state index in [9.17, 15) is 0 Å². The van der Waals surface area contributed by atoms with Crippen molar-refractivity contribution in [1.82, 2.24) is 0 Å². The van der Waals surface area contributed by atoms with Crippen LogP contribution in [0, 0.1) is 27.7 Å². The summed E-state index contributed by atoms with van der Waals surface area (Å²) in [6.07, 6.45) is 13.9. The first-order valence-corrected chi connectivity index (χ1v) is 24.8. The van der Waals surface area contributed by atoms with Crippen LogP contribution in [0.3, 0.4) is 0 Å². The summed E-state index contributed by atoms with van der Waals surface area (Å²) in [5.74, 6) is 0. The van der Waals surface area contributed by atoms with Crippen LogP contribution in [-0.2, 0) is 25.7 Å². The van der Waals surface area contributed by atoms with Crippen LogP contribution in [0.2, 0.25) is 0 Å². The summed E-state index contributed by atoms with van der Waals surface area (Å²) in [4.78, 5) is 0. The summed E-state index contributed by atoms with van der Waals surface area (Å²) in [7, 11) is 0.